The van der Waals surface area contributed by atoms with Crippen molar-refractivity contribution in [2.45, 2.75) is 33.0 Å². The van der Waals surface area contributed by atoms with Gasteiger partial charge in [0.15, 0.2) is 0 Å². The largest absolute Gasteiger partial charge is 0.302 e. The molecule has 4 heteroatoms. The first kappa shape index (κ1) is 8.30. The Morgan fingerprint density at radius 2 is 2.36 bits per heavy atom. The van der Waals surface area contributed by atoms with Crippen LogP contribution in [0.4, 0.5) is 0 Å². The molecule has 1 rings (SSSR count). The smallest absolute Gasteiger partial charge is 0.268 e. The molecule has 0 aliphatic carbocycles. The summed E-state index contributed by atoms with van der Waals surface area (Å²) < 4.78 is 1.90. The molecular weight excluding hydrogens is 137 g/mol. The zero-order valence-electron chi connectivity index (χ0n) is 7.41. The molecule has 0 atom stereocenters. The summed E-state index contributed by atoms with van der Waals surface area (Å²) in [5.41, 5.74) is 1.08. The molecule has 0 unspecified atom stereocenters. The first-order chi connectivity index (χ1) is 5.24. The van der Waals surface area contributed by atoms with Crippen LogP contribution in [0.5, 0.6) is 0 Å². The van der Waals surface area contributed by atoms with Crippen molar-refractivity contribution >= 4 is 7.41 Å². The van der Waals surface area contributed by atoms with Crippen LogP contribution in [0.1, 0.15) is 32.4 Å². The third-order valence-corrected chi connectivity index (χ3v) is 1.60. The summed E-state index contributed by atoms with van der Waals surface area (Å²) in [4.78, 5) is 0. The zero-order valence-corrected chi connectivity index (χ0v) is 7.41. The summed E-state index contributed by atoms with van der Waals surface area (Å²) in [6.45, 7) is 6.39. The van der Waals surface area contributed by atoms with E-state index in [4.69, 9.17) is 0 Å². The molecule has 1 aromatic rings. The molecule has 0 radical (unpaired) electrons. The van der Waals surface area contributed by atoms with E-state index < -0.39 is 0 Å². The van der Waals surface area contributed by atoms with Crippen molar-refractivity contribution < 1.29 is 0 Å². The van der Waals surface area contributed by atoms with Crippen molar-refractivity contribution in [1.82, 2.24) is 14.9 Å². The summed E-state index contributed by atoms with van der Waals surface area (Å²) >= 11 is 0. The molecule has 0 aromatic carbocycles. The monoisotopic (exact) mass is 151 g/mol. The normalized spacial score (nSPS) is 10.5. The van der Waals surface area contributed by atoms with E-state index in [1.165, 1.54) is 0 Å². The predicted octanol–water partition coefficient (Wildman–Crippen LogP) is 1.04. The van der Waals surface area contributed by atoms with Crippen LogP contribution in [0, 0.1) is 0 Å². The number of nitrogens with zero attached hydrogens (tertiary/aromatic N) is 3. The van der Waals surface area contributed by atoms with Gasteiger partial charge in [0, 0.05) is 6.20 Å². The Bertz CT molecular complexity index is 219. The summed E-state index contributed by atoms with van der Waals surface area (Å²) in [7, 11) is 0.972. The van der Waals surface area contributed by atoms with Gasteiger partial charge in [-0.1, -0.05) is 32.3 Å². The van der Waals surface area contributed by atoms with Crippen LogP contribution in [-0.4, -0.2) is 22.3 Å². The summed E-state index contributed by atoms with van der Waals surface area (Å²) in [5.74, 6) is 0.487. The summed E-state index contributed by atoms with van der Waals surface area (Å²) in [6, 6.07) is 0. The van der Waals surface area contributed by atoms with E-state index in [2.05, 4.69) is 31.1 Å². The molecule has 0 amide bonds. The molecule has 0 fully saturated rings. The van der Waals surface area contributed by atoms with Crippen molar-refractivity contribution in [1.29, 1.82) is 0 Å². The molecule has 0 N–H and O–H groups in total. The van der Waals surface area contributed by atoms with E-state index in [-0.39, 0.29) is 0 Å². The second kappa shape index (κ2) is 3.55. The average Bonchev–Trinajstić information content (AvgIpc) is 2.37. The van der Waals surface area contributed by atoms with Crippen LogP contribution < -0.4 is 0 Å². The van der Waals surface area contributed by atoms with E-state index in [9.17, 15) is 0 Å². The number of hydrogen-bond donors (Lipinski definition) is 0. The maximum Gasteiger partial charge on any atom is 0.268 e. The lowest BCUT2D eigenvalue weighted by Crippen LogP contribution is -2.04. The van der Waals surface area contributed by atoms with Crippen LogP contribution in [0.2, 0.25) is 6.32 Å². The molecule has 60 valence electrons. The van der Waals surface area contributed by atoms with E-state index >= 15 is 0 Å². The first-order valence-electron chi connectivity index (χ1n) is 4.14. The van der Waals surface area contributed by atoms with Gasteiger partial charge in [0.25, 0.3) is 7.41 Å². The van der Waals surface area contributed by atoms with Gasteiger partial charge in [-0.05, 0) is 5.92 Å². The highest BCUT2D eigenvalue weighted by atomic mass is 15.4. The first-order valence-corrected chi connectivity index (χ1v) is 4.14. The van der Waals surface area contributed by atoms with Gasteiger partial charge < -0.3 is 4.59 Å². The van der Waals surface area contributed by atoms with Gasteiger partial charge in [-0.15, -0.1) is 5.10 Å². The lowest BCUT2D eigenvalue weighted by molar-refractivity contribution is 0.795. The maximum atomic E-state index is 4.05. The van der Waals surface area contributed by atoms with Crippen molar-refractivity contribution in [3.63, 3.8) is 0 Å². The summed E-state index contributed by atoms with van der Waals surface area (Å²) in [5, 5.41) is 8.04. The Morgan fingerprint density at radius 1 is 1.64 bits per heavy atom. The Kier molecular flexibility index (Phi) is 2.68. The lowest BCUT2D eigenvalue weighted by atomic mass is 9.91. The molecule has 1 aromatic heterocycles. The molecule has 0 saturated heterocycles. The Labute approximate surface area is 68.1 Å². The number of aromatic nitrogens is 3. The van der Waals surface area contributed by atoms with Crippen molar-refractivity contribution in [3.05, 3.63) is 11.9 Å². The highest BCUT2D eigenvalue weighted by Crippen LogP contribution is 2.08. The standard InChI is InChI=1S/C7H14BN3/c1-4-8-11-5-7(6(2)3)9-10-11/h5-6,8H,4H2,1-3H3. The summed E-state index contributed by atoms with van der Waals surface area (Å²) in [6.07, 6.45) is 3.13. The predicted molar refractivity (Wildman–Crippen MR) is 47.1 cm³/mol. The second-order valence-electron chi connectivity index (χ2n) is 3.06. The minimum Gasteiger partial charge on any atom is -0.302 e. The van der Waals surface area contributed by atoms with Gasteiger partial charge in [-0.2, -0.15) is 0 Å². The van der Waals surface area contributed by atoms with Crippen LogP contribution in [0.15, 0.2) is 6.20 Å². The SMILES string of the molecule is CCBn1cc(C(C)C)nn1. The van der Waals surface area contributed by atoms with Gasteiger partial charge in [-0.3, -0.25) is 0 Å². The molecule has 11 heavy (non-hydrogen) atoms. The fraction of sp³-hybridized carbons (Fsp3) is 0.714. The molecule has 0 spiro atoms. The van der Waals surface area contributed by atoms with Crippen molar-refractivity contribution in [3.8, 4) is 0 Å². The molecule has 0 aliphatic heterocycles. The van der Waals surface area contributed by atoms with Gasteiger partial charge in [0.1, 0.15) is 0 Å². The quantitative estimate of drug-likeness (QED) is 0.604. The Morgan fingerprint density at radius 3 is 2.82 bits per heavy atom. The van der Waals surface area contributed by atoms with Crippen LogP contribution in [0.25, 0.3) is 0 Å². The van der Waals surface area contributed by atoms with E-state index in [1.807, 2.05) is 10.8 Å². The second-order valence-corrected chi connectivity index (χ2v) is 3.06. The van der Waals surface area contributed by atoms with Crippen molar-refractivity contribution in [2.75, 3.05) is 0 Å². The molecule has 3 nitrogen and oxygen atoms in total. The third kappa shape index (κ3) is 2.07. The fourth-order valence-electron chi connectivity index (χ4n) is 0.916. The average molecular weight is 151 g/mol. The zero-order chi connectivity index (χ0) is 8.27. The molecule has 0 aliphatic rings. The molecule has 1 heterocycles. The van der Waals surface area contributed by atoms with E-state index in [1.54, 1.807) is 0 Å². The van der Waals surface area contributed by atoms with Gasteiger partial charge in [0.05, 0.1) is 5.69 Å². The van der Waals surface area contributed by atoms with Crippen LogP contribution >= 0.6 is 0 Å². The highest BCUT2D eigenvalue weighted by molar-refractivity contribution is 6.32. The van der Waals surface area contributed by atoms with E-state index in [0.29, 0.717) is 5.92 Å². The molecular formula is C7H14BN3. The van der Waals surface area contributed by atoms with Crippen LogP contribution in [0.3, 0.4) is 0 Å². The number of hydrogen-bond acceptors (Lipinski definition) is 2. The molecule has 0 bridgehead atoms. The van der Waals surface area contributed by atoms with E-state index in [0.717, 1.165) is 19.4 Å². The minimum atomic E-state index is 0.487. The van der Waals surface area contributed by atoms with Gasteiger partial charge in [0.2, 0.25) is 0 Å². The Hall–Kier alpha value is -0.795. The van der Waals surface area contributed by atoms with Gasteiger partial charge >= 0.3 is 0 Å². The Balaban J connectivity index is 2.66. The minimum absolute atomic E-state index is 0.487. The fourth-order valence-corrected chi connectivity index (χ4v) is 0.916. The lowest BCUT2D eigenvalue weighted by Gasteiger charge is -1.94. The van der Waals surface area contributed by atoms with Gasteiger partial charge in [-0.25, -0.2) is 0 Å². The highest BCUT2D eigenvalue weighted by Gasteiger charge is 2.03. The van der Waals surface area contributed by atoms with Crippen molar-refractivity contribution in [2.24, 2.45) is 0 Å². The number of rotatable bonds is 3. The third-order valence-electron chi connectivity index (χ3n) is 1.60. The molecule has 0 saturated carbocycles. The topological polar surface area (TPSA) is 30.7 Å². The van der Waals surface area contributed by atoms with Crippen LogP contribution in [-0.2, 0) is 0 Å². The maximum absolute atomic E-state index is 4.05.